The van der Waals surface area contributed by atoms with Gasteiger partial charge in [0, 0.05) is 13.1 Å². The summed E-state index contributed by atoms with van der Waals surface area (Å²) in [7, 11) is -3.38. The Hall–Kier alpha value is -1.66. The van der Waals surface area contributed by atoms with Crippen molar-refractivity contribution in [3.63, 3.8) is 0 Å². The topological polar surface area (TPSA) is 117 Å². The van der Waals surface area contributed by atoms with E-state index in [-0.39, 0.29) is 37.0 Å². The summed E-state index contributed by atoms with van der Waals surface area (Å²) in [5, 5.41) is 10.5. The number of hydrogen-bond donors (Lipinski definition) is 1. The molecule has 1 heterocycles. The predicted molar refractivity (Wildman–Crippen MR) is 94.6 cm³/mol. The highest BCUT2D eigenvalue weighted by molar-refractivity contribution is 7.92. The molecule has 1 aliphatic carbocycles. The molecule has 26 heavy (non-hydrogen) atoms. The lowest BCUT2D eigenvalue weighted by atomic mass is 9.93. The van der Waals surface area contributed by atoms with Gasteiger partial charge in [-0.3, -0.25) is 9.59 Å². The molecule has 3 unspecified atom stereocenters. The highest BCUT2D eigenvalue weighted by atomic mass is 32.2. The maximum atomic E-state index is 12.9. The third kappa shape index (κ3) is 4.95. The molecular formula is C17H27N3O5S. The van der Waals surface area contributed by atoms with E-state index in [1.54, 1.807) is 4.90 Å². The number of ether oxygens (including phenoxy) is 1. The van der Waals surface area contributed by atoms with Gasteiger partial charge in [-0.05, 0) is 18.8 Å². The number of nitriles is 1. The van der Waals surface area contributed by atoms with Gasteiger partial charge in [0.05, 0.1) is 42.1 Å². The SMILES string of the molecule is CC(C)CS(=O)(=O)C1CC(C(=O)NCC#N)C(C(=O)N2CCOCC2)C1. The van der Waals surface area contributed by atoms with Crippen molar-refractivity contribution in [2.75, 3.05) is 38.6 Å². The maximum absolute atomic E-state index is 12.9. The molecule has 0 aromatic rings. The number of amides is 2. The van der Waals surface area contributed by atoms with Crippen molar-refractivity contribution in [3.05, 3.63) is 0 Å². The lowest BCUT2D eigenvalue weighted by molar-refractivity contribution is -0.144. The number of rotatable bonds is 6. The first-order chi connectivity index (χ1) is 12.3. The summed E-state index contributed by atoms with van der Waals surface area (Å²) in [5.41, 5.74) is 0. The molecule has 146 valence electrons. The van der Waals surface area contributed by atoms with Gasteiger partial charge in [-0.2, -0.15) is 5.26 Å². The Kier molecular flexibility index (Phi) is 7.01. The highest BCUT2D eigenvalue weighted by Gasteiger charge is 2.48. The zero-order valence-electron chi connectivity index (χ0n) is 15.3. The molecule has 3 atom stereocenters. The van der Waals surface area contributed by atoms with Crippen molar-refractivity contribution in [2.24, 2.45) is 17.8 Å². The van der Waals surface area contributed by atoms with E-state index >= 15 is 0 Å². The van der Waals surface area contributed by atoms with Gasteiger partial charge in [-0.1, -0.05) is 13.8 Å². The van der Waals surface area contributed by atoms with E-state index < -0.39 is 32.8 Å². The minimum absolute atomic E-state index is 0.0140. The van der Waals surface area contributed by atoms with Crippen molar-refractivity contribution in [2.45, 2.75) is 31.9 Å². The van der Waals surface area contributed by atoms with Crippen LogP contribution < -0.4 is 5.32 Å². The number of carbonyl (C=O) groups excluding carboxylic acids is 2. The quantitative estimate of drug-likeness (QED) is 0.641. The molecule has 1 saturated heterocycles. The molecule has 0 bridgehead atoms. The maximum Gasteiger partial charge on any atom is 0.226 e. The van der Waals surface area contributed by atoms with Crippen LogP contribution in [0.5, 0.6) is 0 Å². The van der Waals surface area contributed by atoms with Gasteiger partial charge >= 0.3 is 0 Å². The van der Waals surface area contributed by atoms with E-state index in [2.05, 4.69) is 5.32 Å². The van der Waals surface area contributed by atoms with Gasteiger partial charge < -0.3 is 15.0 Å². The van der Waals surface area contributed by atoms with Crippen molar-refractivity contribution < 1.29 is 22.7 Å². The Balaban J connectivity index is 2.19. The van der Waals surface area contributed by atoms with Crippen LogP contribution in [0.3, 0.4) is 0 Å². The molecule has 0 aromatic carbocycles. The summed E-state index contributed by atoms with van der Waals surface area (Å²) in [5.74, 6) is -1.96. The van der Waals surface area contributed by atoms with Crippen LogP contribution in [0.1, 0.15) is 26.7 Å². The zero-order chi connectivity index (χ0) is 19.3. The van der Waals surface area contributed by atoms with E-state index in [9.17, 15) is 18.0 Å². The Morgan fingerprint density at radius 2 is 1.85 bits per heavy atom. The van der Waals surface area contributed by atoms with Crippen LogP contribution >= 0.6 is 0 Å². The largest absolute Gasteiger partial charge is 0.378 e. The molecule has 8 nitrogen and oxygen atoms in total. The summed E-state index contributed by atoms with van der Waals surface area (Å²) in [6.45, 7) is 5.30. The minimum Gasteiger partial charge on any atom is -0.378 e. The molecule has 0 radical (unpaired) electrons. The van der Waals surface area contributed by atoms with Crippen molar-refractivity contribution >= 4 is 21.7 Å². The fraction of sp³-hybridized carbons (Fsp3) is 0.824. The van der Waals surface area contributed by atoms with Gasteiger partial charge in [0.25, 0.3) is 0 Å². The van der Waals surface area contributed by atoms with Crippen molar-refractivity contribution in [1.29, 1.82) is 5.26 Å². The Labute approximate surface area is 154 Å². The average molecular weight is 385 g/mol. The molecular weight excluding hydrogens is 358 g/mol. The van der Waals surface area contributed by atoms with Crippen molar-refractivity contribution in [3.8, 4) is 6.07 Å². The zero-order valence-corrected chi connectivity index (χ0v) is 16.1. The Morgan fingerprint density at radius 1 is 1.23 bits per heavy atom. The number of nitrogens with zero attached hydrogens (tertiary/aromatic N) is 2. The molecule has 2 fully saturated rings. The molecule has 2 rings (SSSR count). The Morgan fingerprint density at radius 3 is 2.42 bits per heavy atom. The van der Waals surface area contributed by atoms with Crippen LogP contribution in [0, 0.1) is 29.1 Å². The van der Waals surface area contributed by atoms with E-state index in [0.29, 0.717) is 26.3 Å². The number of morpholine rings is 1. The van der Waals surface area contributed by atoms with E-state index in [4.69, 9.17) is 10.00 Å². The second-order valence-electron chi connectivity index (χ2n) is 7.34. The molecule has 1 saturated carbocycles. The predicted octanol–water partition coefficient (Wildman–Crippen LogP) is -0.0494. The molecule has 0 spiro atoms. The molecule has 1 aliphatic heterocycles. The van der Waals surface area contributed by atoms with Gasteiger partial charge in [-0.25, -0.2) is 8.42 Å². The number of hydrogen-bond acceptors (Lipinski definition) is 6. The molecule has 2 aliphatic rings. The summed E-state index contributed by atoms with van der Waals surface area (Å²) in [4.78, 5) is 27.0. The third-order valence-corrected chi connectivity index (χ3v) is 7.44. The summed E-state index contributed by atoms with van der Waals surface area (Å²) in [6, 6.07) is 1.83. The summed E-state index contributed by atoms with van der Waals surface area (Å²) < 4.78 is 30.5. The summed E-state index contributed by atoms with van der Waals surface area (Å²) >= 11 is 0. The van der Waals surface area contributed by atoms with Crippen LogP contribution in [0.2, 0.25) is 0 Å². The normalized spacial score (nSPS) is 26.5. The van der Waals surface area contributed by atoms with Crippen LogP contribution in [0.15, 0.2) is 0 Å². The van der Waals surface area contributed by atoms with Crippen LogP contribution in [-0.4, -0.2) is 69.0 Å². The van der Waals surface area contributed by atoms with Gasteiger partial charge in [-0.15, -0.1) is 0 Å². The number of carbonyl (C=O) groups is 2. The van der Waals surface area contributed by atoms with Crippen LogP contribution in [0.4, 0.5) is 0 Å². The fourth-order valence-corrected chi connectivity index (χ4v) is 5.93. The number of nitrogens with one attached hydrogen (secondary N) is 1. The van der Waals surface area contributed by atoms with Crippen molar-refractivity contribution in [1.82, 2.24) is 10.2 Å². The monoisotopic (exact) mass is 385 g/mol. The number of sulfone groups is 1. The van der Waals surface area contributed by atoms with E-state index in [1.807, 2.05) is 19.9 Å². The highest BCUT2D eigenvalue weighted by Crippen LogP contribution is 2.38. The first-order valence-corrected chi connectivity index (χ1v) is 10.7. The second kappa shape index (κ2) is 8.82. The first-order valence-electron chi connectivity index (χ1n) is 8.99. The molecule has 1 N–H and O–H groups in total. The third-order valence-electron chi connectivity index (χ3n) is 4.91. The standard InChI is InChI=1S/C17H27N3O5S/c1-12(2)11-26(23,24)13-9-14(16(21)19-4-3-18)15(10-13)17(22)20-5-7-25-8-6-20/h12-15H,4-11H2,1-2H3,(H,19,21). The second-order valence-corrected chi connectivity index (χ2v) is 9.67. The smallest absolute Gasteiger partial charge is 0.226 e. The van der Waals surface area contributed by atoms with E-state index in [0.717, 1.165) is 0 Å². The van der Waals surface area contributed by atoms with Gasteiger partial charge in [0.1, 0.15) is 6.54 Å². The Bertz CT molecular complexity index is 664. The lowest BCUT2D eigenvalue weighted by Crippen LogP contribution is -2.46. The first kappa shape index (κ1) is 20.6. The average Bonchev–Trinajstić information content (AvgIpc) is 3.05. The van der Waals surface area contributed by atoms with Crippen LogP contribution in [-0.2, 0) is 24.2 Å². The molecule has 2 amide bonds. The molecule has 9 heteroatoms. The van der Waals surface area contributed by atoms with Crippen LogP contribution in [0.25, 0.3) is 0 Å². The van der Waals surface area contributed by atoms with Gasteiger partial charge in [0.2, 0.25) is 11.8 Å². The lowest BCUT2D eigenvalue weighted by Gasteiger charge is -2.30. The minimum atomic E-state index is -3.38. The van der Waals surface area contributed by atoms with Gasteiger partial charge in [0.15, 0.2) is 9.84 Å². The van der Waals surface area contributed by atoms with E-state index in [1.165, 1.54) is 0 Å². The fourth-order valence-electron chi connectivity index (χ4n) is 3.72. The molecule has 0 aromatic heterocycles. The summed E-state index contributed by atoms with van der Waals surface area (Å²) in [6.07, 6.45) is 0.295.